The largest absolute Gasteiger partial charge is 0.399 e. The molecule has 0 spiro atoms. The highest BCUT2D eigenvalue weighted by molar-refractivity contribution is 9.09. The first kappa shape index (κ1) is 10.5. The Morgan fingerprint density at radius 3 is 3.00 bits per heavy atom. The van der Waals surface area contributed by atoms with Crippen molar-refractivity contribution in [3.8, 4) is 0 Å². The molecule has 13 heavy (non-hydrogen) atoms. The highest BCUT2D eigenvalue weighted by Crippen LogP contribution is 2.14. The predicted octanol–water partition coefficient (Wildman–Crippen LogP) is 2.77. The first-order valence-corrected chi connectivity index (χ1v) is 5.48. The summed E-state index contributed by atoms with van der Waals surface area (Å²) in [6.45, 7) is 2.18. The quantitative estimate of drug-likeness (QED) is 0.826. The Bertz CT molecular complexity index is 263. The Kier molecular flexibility index (Phi) is 4.22. The fourth-order valence-corrected chi connectivity index (χ4v) is 2.04. The number of nitrogens with two attached hydrogens (primary N) is 1. The molecule has 0 radical (unpaired) electrons. The van der Waals surface area contributed by atoms with Crippen LogP contribution in [-0.2, 0) is 6.42 Å². The summed E-state index contributed by atoms with van der Waals surface area (Å²) in [5.74, 6) is 0. The lowest BCUT2D eigenvalue weighted by Crippen LogP contribution is -2.04. The van der Waals surface area contributed by atoms with Gasteiger partial charge < -0.3 is 5.73 Å². The highest BCUT2D eigenvalue weighted by Gasteiger charge is 2.04. The molecule has 2 nitrogen and oxygen atoms in total. The minimum atomic E-state index is 0.520. The van der Waals surface area contributed by atoms with Gasteiger partial charge in [-0.15, -0.1) is 0 Å². The maximum absolute atomic E-state index is 5.65. The van der Waals surface area contributed by atoms with Gasteiger partial charge in [-0.3, -0.25) is 4.98 Å². The molecule has 1 heterocycles. The lowest BCUT2D eigenvalue weighted by atomic mass is 10.1. The predicted molar refractivity (Wildman–Crippen MR) is 60.0 cm³/mol. The zero-order valence-corrected chi connectivity index (χ0v) is 9.42. The number of aromatic nitrogens is 1. The number of nitrogens with zero attached hydrogens (tertiary/aromatic N) is 1. The molecule has 1 atom stereocenters. The number of nitrogen functional groups attached to an aromatic ring is 1. The third-order valence-electron chi connectivity index (χ3n) is 1.87. The fraction of sp³-hybridized carbons (Fsp3) is 0.500. The van der Waals surface area contributed by atoms with E-state index in [2.05, 4.69) is 27.8 Å². The van der Waals surface area contributed by atoms with E-state index in [4.69, 9.17) is 5.73 Å². The molecule has 0 fully saturated rings. The second-order valence-electron chi connectivity index (χ2n) is 3.17. The van der Waals surface area contributed by atoms with Crippen LogP contribution in [0.15, 0.2) is 18.3 Å². The topological polar surface area (TPSA) is 38.9 Å². The Hall–Kier alpha value is -0.570. The van der Waals surface area contributed by atoms with E-state index in [0.29, 0.717) is 4.83 Å². The van der Waals surface area contributed by atoms with Crippen LogP contribution in [-0.4, -0.2) is 9.81 Å². The molecule has 1 unspecified atom stereocenters. The summed E-state index contributed by atoms with van der Waals surface area (Å²) >= 11 is 3.62. The Morgan fingerprint density at radius 2 is 2.38 bits per heavy atom. The SMILES string of the molecule is CCCC(Br)Cc1cc(N)ccn1. The van der Waals surface area contributed by atoms with Gasteiger partial charge in [-0.05, 0) is 18.6 Å². The van der Waals surface area contributed by atoms with E-state index in [1.54, 1.807) is 6.20 Å². The molecular weight excluding hydrogens is 228 g/mol. The Balaban J connectivity index is 2.53. The van der Waals surface area contributed by atoms with Gasteiger partial charge in [-0.1, -0.05) is 29.3 Å². The molecule has 0 saturated carbocycles. The van der Waals surface area contributed by atoms with Crippen LogP contribution in [0.25, 0.3) is 0 Å². The van der Waals surface area contributed by atoms with Gasteiger partial charge in [-0.2, -0.15) is 0 Å². The van der Waals surface area contributed by atoms with Crippen LogP contribution in [0.5, 0.6) is 0 Å². The number of rotatable bonds is 4. The van der Waals surface area contributed by atoms with Crippen molar-refractivity contribution in [1.29, 1.82) is 0 Å². The van der Waals surface area contributed by atoms with Gasteiger partial charge >= 0.3 is 0 Å². The van der Waals surface area contributed by atoms with Crippen molar-refractivity contribution >= 4 is 21.6 Å². The van der Waals surface area contributed by atoms with E-state index in [1.807, 2.05) is 12.1 Å². The molecule has 2 N–H and O–H groups in total. The van der Waals surface area contributed by atoms with E-state index in [0.717, 1.165) is 17.8 Å². The van der Waals surface area contributed by atoms with E-state index in [-0.39, 0.29) is 0 Å². The lowest BCUT2D eigenvalue weighted by Gasteiger charge is -2.07. The van der Waals surface area contributed by atoms with Crippen LogP contribution in [0.4, 0.5) is 5.69 Å². The summed E-state index contributed by atoms with van der Waals surface area (Å²) in [4.78, 5) is 4.77. The summed E-state index contributed by atoms with van der Waals surface area (Å²) in [5, 5.41) is 0. The number of pyridine rings is 1. The average Bonchev–Trinajstić information content (AvgIpc) is 2.04. The normalized spacial score (nSPS) is 12.8. The number of halogens is 1. The van der Waals surface area contributed by atoms with Gasteiger partial charge in [0.1, 0.15) is 0 Å². The van der Waals surface area contributed by atoms with Crippen LogP contribution in [0.3, 0.4) is 0 Å². The fourth-order valence-electron chi connectivity index (χ4n) is 1.25. The molecule has 0 amide bonds. The number of hydrogen-bond donors (Lipinski definition) is 1. The molecule has 72 valence electrons. The summed E-state index contributed by atoms with van der Waals surface area (Å²) in [5.41, 5.74) is 7.51. The molecule has 1 aromatic rings. The van der Waals surface area contributed by atoms with Crippen molar-refractivity contribution in [2.75, 3.05) is 5.73 Å². The summed E-state index contributed by atoms with van der Waals surface area (Å²) in [7, 11) is 0. The first-order valence-electron chi connectivity index (χ1n) is 4.57. The Morgan fingerprint density at radius 1 is 1.62 bits per heavy atom. The molecule has 0 aliphatic carbocycles. The molecule has 0 bridgehead atoms. The highest BCUT2D eigenvalue weighted by atomic mass is 79.9. The number of hydrogen-bond acceptors (Lipinski definition) is 2. The van der Waals surface area contributed by atoms with Crippen LogP contribution in [0.2, 0.25) is 0 Å². The lowest BCUT2D eigenvalue weighted by molar-refractivity contribution is 0.734. The molecule has 0 aliphatic heterocycles. The maximum Gasteiger partial charge on any atom is 0.0435 e. The minimum absolute atomic E-state index is 0.520. The van der Waals surface area contributed by atoms with Gasteiger partial charge in [0.2, 0.25) is 0 Å². The number of anilines is 1. The van der Waals surface area contributed by atoms with Crippen molar-refractivity contribution in [2.24, 2.45) is 0 Å². The summed E-state index contributed by atoms with van der Waals surface area (Å²) in [6.07, 6.45) is 5.09. The van der Waals surface area contributed by atoms with E-state index in [9.17, 15) is 0 Å². The molecular formula is C10H15BrN2. The zero-order valence-electron chi connectivity index (χ0n) is 7.83. The van der Waals surface area contributed by atoms with Gasteiger partial charge in [-0.25, -0.2) is 0 Å². The Labute approximate surface area is 87.7 Å². The molecule has 0 saturated heterocycles. The van der Waals surface area contributed by atoms with Gasteiger partial charge in [0.05, 0.1) is 0 Å². The average molecular weight is 243 g/mol. The number of alkyl halides is 1. The first-order chi connectivity index (χ1) is 6.22. The van der Waals surface area contributed by atoms with Crippen molar-refractivity contribution in [3.63, 3.8) is 0 Å². The van der Waals surface area contributed by atoms with Gasteiger partial charge in [0.15, 0.2) is 0 Å². The van der Waals surface area contributed by atoms with Crippen molar-refractivity contribution < 1.29 is 0 Å². The third kappa shape index (κ3) is 3.77. The van der Waals surface area contributed by atoms with Crippen LogP contribution < -0.4 is 5.73 Å². The van der Waals surface area contributed by atoms with Gasteiger partial charge in [0.25, 0.3) is 0 Å². The molecule has 3 heteroatoms. The summed E-state index contributed by atoms with van der Waals surface area (Å²) in [6, 6.07) is 3.75. The molecule has 0 aromatic carbocycles. The van der Waals surface area contributed by atoms with Crippen LogP contribution in [0.1, 0.15) is 25.5 Å². The summed E-state index contributed by atoms with van der Waals surface area (Å²) < 4.78 is 0. The second-order valence-corrected chi connectivity index (χ2v) is 4.47. The molecule has 0 aliphatic rings. The zero-order chi connectivity index (χ0) is 9.68. The standard InChI is InChI=1S/C10H15BrN2/c1-2-3-8(11)6-10-7-9(12)4-5-13-10/h4-5,7-8H,2-3,6H2,1H3,(H2,12,13). The van der Waals surface area contributed by atoms with E-state index in [1.165, 1.54) is 12.8 Å². The molecule has 1 rings (SSSR count). The van der Waals surface area contributed by atoms with Crippen LogP contribution >= 0.6 is 15.9 Å². The third-order valence-corrected chi connectivity index (χ3v) is 2.65. The maximum atomic E-state index is 5.65. The van der Waals surface area contributed by atoms with Crippen molar-refractivity contribution in [3.05, 3.63) is 24.0 Å². The smallest absolute Gasteiger partial charge is 0.0435 e. The van der Waals surface area contributed by atoms with Gasteiger partial charge in [0, 0.05) is 28.8 Å². The monoisotopic (exact) mass is 242 g/mol. The van der Waals surface area contributed by atoms with Crippen molar-refractivity contribution in [2.45, 2.75) is 31.0 Å². The van der Waals surface area contributed by atoms with Crippen molar-refractivity contribution in [1.82, 2.24) is 4.98 Å². The molecule has 1 aromatic heterocycles. The second kappa shape index (κ2) is 5.22. The van der Waals surface area contributed by atoms with E-state index >= 15 is 0 Å². The van der Waals surface area contributed by atoms with Crippen LogP contribution in [0, 0.1) is 0 Å². The van der Waals surface area contributed by atoms with E-state index < -0.39 is 0 Å². The minimum Gasteiger partial charge on any atom is -0.399 e.